The van der Waals surface area contributed by atoms with Gasteiger partial charge in [0.1, 0.15) is 0 Å². The predicted octanol–water partition coefficient (Wildman–Crippen LogP) is 0.761. The van der Waals surface area contributed by atoms with Crippen molar-refractivity contribution < 1.29 is 9.28 Å². The quantitative estimate of drug-likeness (QED) is 0.404. The second kappa shape index (κ2) is 5.54. The molecule has 0 spiro atoms. The van der Waals surface area contributed by atoms with Gasteiger partial charge in [0.25, 0.3) is 5.91 Å². The number of allylic oxidation sites excluding steroid dienone is 2. The Bertz CT molecular complexity index is 249. The van der Waals surface area contributed by atoms with Crippen LogP contribution in [0.3, 0.4) is 0 Å². The van der Waals surface area contributed by atoms with Crippen LogP contribution >= 0.6 is 0 Å². The summed E-state index contributed by atoms with van der Waals surface area (Å²) in [4.78, 5) is 11.3. The number of quaternary nitrogens is 1. The van der Waals surface area contributed by atoms with E-state index in [-0.39, 0.29) is 5.91 Å². The van der Waals surface area contributed by atoms with Gasteiger partial charge in [0.2, 0.25) is 0 Å². The molecular weight excluding hydrogens is 178 g/mol. The molecule has 4 nitrogen and oxygen atoms in total. The van der Waals surface area contributed by atoms with E-state index in [9.17, 15) is 4.79 Å². The molecule has 80 valence electrons. The summed E-state index contributed by atoms with van der Waals surface area (Å²) in [5, 5.41) is 3.82. The first-order valence-corrected chi connectivity index (χ1v) is 4.60. The lowest BCUT2D eigenvalue weighted by atomic mass is 10.3. The van der Waals surface area contributed by atoms with Crippen molar-refractivity contribution in [1.82, 2.24) is 5.43 Å². The van der Waals surface area contributed by atoms with Gasteiger partial charge < -0.3 is 4.48 Å². The molecule has 1 amide bonds. The molecule has 0 heterocycles. The molecule has 0 atom stereocenters. The normalized spacial score (nSPS) is 13.4. The lowest BCUT2D eigenvalue weighted by Crippen LogP contribution is -2.43. The zero-order valence-electron chi connectivity index (χ0n) is 9.66. The third-order valence-electron chi connectivity index (χ3n) is 1.53. The van der Waals surface area contributed by atoms with Gasteiger partial charge in [-0.25, -0.2) is 5.43 Å². The Kier molecular flexibility index (Phi) is 5.09. The Hall–Kier alpha value is -1.16. The zero-order valence-corrected chi connectivity index (χ0v) is 9.66. The zero-order chi connectivity index (χ0) is 11.2. The second-order valence-electron chi connectivity index (χ2n) is 4.27. The van der Waals surface area contributed by atoms with E-state index < -0.39 is 0 Å². The largest absolute Gasteiger partial charge is 0.323 e. The minimum Gasteiger partial charge on any atom is -0.323 e. The van der Waals surface area contributed by atoms with Crippen LogP contribution in [0.15, 0.2) is 16.8 Å². The van der Waals surface area contributed by atoms with Gasteiger partial charge in [0.05, 0.1) is 21.1 Å². The molecule has 0 saturated carbocycles. The van der Waals surface area contributed by atoms with Crippen molar-refractivity contribution >= 4 is 12.1 Å². The van der Waals surface area contributed by atoms with Gasteiger partial charge in [-0.3, -0.25) is 4.79 Å². The fourth-order valence-corrected chi connectivity index (χ4v) is 0.747. The first kappa shape index (κ1) is 12.8. The van der Waals surface area contributed by atoms with Crippen molar-refractivity contribution in [3.8, 4) is 0 Å². The third-order valence-corrected chi connectivity index (χ3v) is 1.53. The van der Waals surface area contributed by atoms with E-state index >= 15 is 0 Å². The molecule has 0 aliphatic carbocycles. The number of carbonyl (C=O) groups is 1. The Balaban J connectivity index is 3.92. The van der Waals surface area contributed by atoms with Gasteiger partial charge in [-0.05, 0) is 19.4 Å². The van der Waals surface area contributed by atoms with E-state index in [1.165, 1.54) is 0 Å². The number of carbonyl (C=O) groups excluding carboxylic acids is 1. The average molecular weight is 198 g/mol. The van der Waals surface area contributed by atoms with Gasteiger partial charge >= 0.3 is 0 Å². The standard InChI is InChI=1S/C10H19N3O/c1-6-9(2)7-11-12-10(14)8-13(3,4)5/h6-7H,8H2,1-5H3/p+1/b9-6+,11-7-. The summed E-state index contributed by atoms with van der Waals surface area (Å²) in [5.41, 5.74) is 3.50. The summed E-state index contributed by atoms with van der Waals surface area (Å²) in [5.74, 6) is -0.0716. The predicted molar refractivity (Wildman–Crippen MR) is 59.0 cm³/mol. The molecule has 0 saturated heterocycles. The van der Waals surface area contributed by atoms with E-state index in [0.29, 0.717) is 11.0 Å². The molecule has 14 heavy (non-hydrogen) atoms. The smallest absolute Gasteiger partial charge is 0.295 e. The van der Waals surface area contributed by atoms with Crippen LogP contribution in [-0.4, -0.2) is 44.3 Å². The van der Waals surface area contributed by atoms with Crippen molar-refractivity contribution in [2.24, 2.45) is 5.10 Å². The van der Waals surface area contributed by atoms with Gasteiger partial charge in [0, 0.05) is 6.21 Å². The number of likely N-dealkylation sites (N-methyl/N-ethyl adjacent to an activating group) is 1. The highest BCUT2D eigenvalue weighted by molar-refractivity contribution is 5.81. The fraction of sp³-hybridized carbons (Fsp3) is 0.600. The molecule has 0 radical (unpaired) electrons. The van der Waals surface area contributed by atoms with Gasteiger partial charge in [-0.1, -0.05) is 6.08 Å². The van der Waals surface area contributed by atoms with Crippen LogP contribution in [0.5, 0.6) is 0 Å². The Morgan fingerprint density at radius 3 is 2.43 bits per heavy atom. The first-order valence-electron chi connectivity index (χ1n) is 4.60. The van der Waals surface area contributed by atoms with Crippen molar-refractivity contribution in [2.45, 2.75) is 13.8 Å². The van der Waals surface area contributed by atoms with E-state index in [2.05, 4.69) is 10.5 Å². The lowest BCUT2D eigenvalue weighted by Gasteiger charge is -2.21. The van der Waals surface area contributed by atoms with Crippen molar-refractivity contribution in [1.29, 1.82) is 0 Å². The molecule has 4 heteroatoms. The summed E-state index contributed by atoms with van der Waals surface area (Å²) < 4.78 is 0.601. The SMILES string of the molecule is C/C=C(C)/C=N\NC(=O)C[N+](C)(C)C. The van der Waals surface area contributed by atoms with Crippen molar-refractivity contribution in [2.75, 3.05) is 27.7 Å². The number of nitrogens with one attached hydrogen (secondary N) is 1. The van der Waals surface area contributed by atoms with Crippen LogP contribution in [0.4, 0.5) is 0 Å². The van der Waals surface area contributed by atoms with E-state index in [1.807, 2.05) is 41.1 Å². The topological polar surface area (TPSA) is 41.5 Å². The molecule has 0 aromatic carbocycles. The molecule has 0 aliphatic heterocycles. The molecule has 0 rings (SSSR count). The van der Waals surface area contributed by atoms with E-state index in [0.717, 1.165) is 5.57 Å². The number of amides is 1. The molecule has 1 N–H and O–H groups in total. The summed E-state index contributed by atoms with van der Waals surface area (Å²) >= 11 is 0. The molecule has 0 aromatic heterocycles. The maximum absolute atomic E-state index is 11.3. The number of hydrogen-bond donors (Lipinski definition) is 1. The Labute approximate surface area is 85.9 Å². The number of nitrogens with zero attached hydrogens (tertiary/aromatic N) is 2. The molecule has 0 aromatic rings. The maximum Gasteiger partial charge on any atom is 0.295 e. The van der Waals surface area contributed by atoms with Crippen LogP contribution < -0.4 is 5.43 Å². The summed E-state index contributed by atoms with van der Waals surface area (Å²) in [7, 11) is 5.88. The van der Waals surface area contributed by atoms with Gasteiger partial charge in [-0.2, -0.15) is 5.10 Å². The summed E-state index contributed by atoms with van der Waals surface area (Å²) in [6, 6.07) is 0. The van der Waals surface area contributed by atoms with Gasteiger partial charge in [0.15, 0.2) is 6.54 Å². The fourth-order valence-electron chi connectivity index (χ4n) is 0.747. The molecule has 0 fully saturated rings. The minimum atomic E-state index is -0.0716. The highest BCUT2D eigenvalue weighted by Crippen LogP contribution is 1.88. The van der Waals surface area contributed by atoms with Crippen LogP contribution in [0.2, 0.25) is 0 Å². The molecule has 0 bridgehead atoms. The molecular formula is C10H20N3O+. The number of hydrazone groups is 1. The van der Waals surface area contributed by atoms with Crippen LogP contribution in [0.25, 0.3) is 0 Å². The first-order chi connectivity index (χ1) is 6.35. The van der Waals surface area contributed by atoms with Crippen LogP contribution in [-0.2, 0) is 4.79 Å². The van der Waals surface area contributed by atoms with E-state index in [4.69, 9.17) is 0 Å². The number of hydrogen-bond acceptors (Lipinski definition) is 2. The Morgan fingerprint density at radius 2 is 2.00 bits per heavy atom. The second-order valence-corrected chi connectivity index (χ2v) is 4.27. The van der Waals surface area contributed by atoms with Crippen molar-refractivity contribution in [3.05, 3.63) is 11.6 Å². The minimum absolute atomic E-state index is 0.0716. The van der Waals surface area contributed by atoms with Gasteiger partial charge in [-0.15, -0.1) is 0 Å². The maximum atomic E-state index is 11.3. The summed E-state index contributed by atoms with van der Waals surface area (Å²) in [6.45, 7) is 4.27. The lowest BCUT2D eigenvalue weighted by molar-refractivity contribution is -0.862. The highest BCUT2D eigenvalue weighted by atomic mass is 16.2. The van der Waals surface area contributed by atoms with Crippen molar-refractivity contribution in [3.63, 3.8) is 0 Å². The molecule has 0 aliphatic rings. The van der Waals surface area contributed by atoms with Crippen LogP contribution in [0, 0.1) is 0 Å². The monoisotopic (exact) mass is 198 g/mol. The molecule has 0 unspecified atom stereocenters. The van der Waals surface area contributed by atoms with Crippen LogP contribution in [0.1, 0.15) is 13.8 Å². The van der Waals surface area contributed by atoms with E-state index in [1.54, 1.807) is 6.21 Å². The summed E-state index contributed by atoms with van der Waals surface area (Å²) in [6.07, 6.45) is 3.56. The third kappa shape index (κ3) is 7.49. The highest BCUT2D eigenvalue weighted by Gasteiger charge is 2.12. The number of rotatable bonds is 4. The average Bonchev–Trinajstić information content (AvgIpc) is 2.00. The Morgan fingerprint density at radius 1 is 1.43 bits per heavy atom.